The summed E-state index contributed by atoms with van der Waals surface area (Å²) in [4.78, 5) is 15.9. The van der Waals surface area contributed by atoms with E-state index in [0.29, 0.717) is 28.4 Å². The van der Waals surface area contributed by atoms with Gasteiger partial charge in [0, 0.05) is 31.7 Å². The molecule has 3 aromatic rings. The van der Waals surface area contributed by atoms with Gasteiger partial charge in [-0.2, -0.15) is 4.98 Å². The van der Waals surface area contributed by atoms with E-state index in [1.54, 1.807) is 14.2 Å². The highest BCUT2D eigenvalue weighted by molar-refractivity contribution is 5.88. The fourth-order valence-corrected chi connectivity index (χ4v) is 3.47. The second-order valence-corrected chi connectivity index (χ2v) is 6.95. The summed E-state index contributed by atoms with van der Waals surface area (Å²) in [7, 11) is 3.23. The van der Waals surface area contributed by atoms with Crippen LogP contribution < -0.4 is 20.5 Å². The van der Waals surface area contributed by atoms with Crippen LogP contribution in [0, 0.1) is 0 Å². The van der Waals surface area contributed by atoms with E-state index in [2.05, 4.69) is 20.2 Å². The summed E-state index contributed by atoms with van der Waals surface area (Å²) in [5, 5.41) is 3.37. The lowest BCUT2D eigenvalue weighted by molar-refractivity contribution is 0.0398. The fraction of sp³-hybridized carbons (Fsp3) is 0.381. The van der Waals surface area contributed by atoms with Crippen molar-refractivity contribution < 1.29 is 14.2 Å². The van der Waals surface area contributed by atoms with E-state index in [4.69, 9.17) is 24.9 Å². The Labute approximate surface area is 175 Å². The van der Waals surface area contributed by atoms with Crippen LogP contribution in [-0.4, -0.2) is 73.5 Å². The first kappa shape index (κ1) is 20.1. The summed E-state index contributed by atoms with van der Waals surface area (Å²) in [5.41, 5.74) is 8.98. The van der Waals surface area contributed by atoms with Crippen molar-refractivity contribution in [2.75, 3.05) is 64.7 Å². The molecule has 0 amide bonds. The van der Waals surface area contributed by atoms with Crippen LogP contribution in [-0.2, 0) is 4.74 Å². The highest BCUT2D eigenvalue weighted by Crippen LogP contribution is 2.32. The Hall–Kier alpha value is -3.17. The lowest BCUT2D eigenvalue weighted by Crippen LogP contribution is -2.39. The molecule has 0 atom stereocenters. The second kappa shape index (κ2) is 9.10. The zero-order chi connectivity index (χ0) is 20.9. The van der Waals surface area contributed by atoms with E-state index in [-0.39, 0.29) is 5.95 Å². The minimum Gasteiger partial charge on any atom is -0.493 e. The molecule has 9 heteroatoms. The number of morpholine rings is 1. The van der Waals surface area contributed by atoms with E-state index in [0.717, 1.165) is 50.7 Å². The number of pyridine rings is 1. The first-order chi connectivity index (χ1) is 14.7. The third-order valence-electron chi connectivity index (χ3n) is 5.06. The van der Waals surface area contributed by atoms with Crippen molar-refractivity contribution in [3.8, 4) is 22.8 Å². The van der Waals surface area contributed by atoms with E-state index < -0.39 is 0 Å². The summed E-state index contributed by atoms with van der Waals surface area (Å²) in [6, 6.07) is 9.52. The highest BCUT2D eigenvalue weighted by atomic mass is 16.5. The Morgan fingerprint density at radius 2 is 1.83 bits per heavy atom. The van der Waals surface area contributed by atoms with Gasteiger partial charge in [0.05, 0.1) is 38.6 Å². The number of nitrogens with one attached hydrogen (secondary N) is 1. The Morgan fingerprint density at radius 1 is 1.03 bits per heavy atom. The zero-order valence-corrected chi connectivity index (χ0v) is 17.2. The van der Waals surface area contributed by atoms with Crippen molar-refractivity contribution in [1.29, 1.82) is 0 Å². The Bertz CT molecular complexity index is 1020. The quantitative estimate of drug-likeness (QED) is 0.605. The van der Waals surface area contributed by atoms with Crippen molar-refractivity contribution >= 4 is 22.8 Å². The molecule has 0 saturated carbocycles. The molecule has 2 aromatic heterocycles. The van der Waals surface area contributed by atoms with Crippen LogP contribution in [0.25, 0.3) is 22.3 Å². The van der Waals surface area contributed by atoms with E-state index in [9.17, 15) is 0 Å². The monoisotopic (exact) mass is 410 g/mol. The van der Waals surface area contributed by atoms with Crippen LogP contribution in [0.15, 0.2) is 30.3 Å². The molecule has 1 saturated heterocycles. The number of methoxy groups -OCH3 is 2. The molecule has 0 aliphatic carbocycles. The molecule has 0 unspecified atom stereocenters. The average Bonchev–Trinajstić information content (AvgIpc) is 2.79. The number of aromatic nitrogens is 3. The fourth-order valence-electron chi connectivity index (χ4n) is 3.47. The molecule has 3 heterocycles. The predicted molar refractivity (Wildman–Crippen MR) is 116 cm³/mol. The number of nitrogens with two attached hydrogens (primary N) is 1. The molecule has 0 spiro atoms. The maximum atomic E-state index is 5.91. The van der Waals surface area contributed by atoms with Crippen molar-refractivity contribution in [3.05, 3.63) is 30.3 Å². The topological polar surface area (TPSA) is 108 Å². The van der Waals surface area contributed by atoms with Gasteiger partial charge in [0.15, 0.2) is 17.3 Å². The van der Waals surface area contributed by atoms with Crippen molar-refractivity contribution in [3.63, 3.8) is 0 Å². The van der Waals surface area contributed by atoms with Gasteiger partial charge in [0.25, 0.3) is 0 Å². The first-order valence-corrected chi connectivity index (χ1v) is 9.88. The number of rotatable bonds is 7. The molecule has 30 heavy (non-hydrogen) atoms. The minimum atomic E-state index is 0.219. The molecule has 0 radical (unpaired) electrons. The number of nitrogen functional groups attached to an aromatic ring is 1. The van der Waals surface area contributed by atoms with Crippen LogP contribution in [0.5, 0.6) is 11.5 Å². The molecule has 4 rings (SSSR count). The summed E-state index contributed by atoms with van der Waals surface area (Å²) in [6.07, 6.45) is 0. The highest BCUT2D eigenvalue weighted by Gasteiger charge is 2.13. The van der Waals surface area contributed by atoms with Crippen LogP contribution in [0.4, 0.5) is 11.8 Å². The standard InChI is InChI=1S/C21H26N6O3/c1-28-17-6-3-14(13-18(17)29-2)15-4-5-16-19(24-15)20(26-21(22)25-16)23-7-8-27-9-11-30-12-10-27/h3-6,13H,7-12H2,1-2H3,(H3,22,23,25,26). The zero-order valence-electron chi connectivity index (χ0n) is 17.2. The summed E-state index contributed by atoms with van der Waals surface area (Å²) >= 11 is 0. The molecule has 1 aliphatic rings. The number of fused-ring (bicyclic) bond motifs is 1. The lowest BCUT2D eigenvalue weighted by atomic mass is 10.1. The van der Waals surface area contributed by atoms with Gasteiger partial charge in [-0.3, -0.25) is 4.90 Å². The minimum absolute atomic E-state index is 0.219. The van der Waals surface area contributed by atoms with E-state index in [1.807, 2.05) is 30.3 Å². The molecular formula is C21H26N6O3. The molecule has 9 nitrogen and oxygen atoms in total. The lowest BCUT2D eigenvalue weighted by Gasteiger charge is -2.26. The second-order valence-electron chi connectivity index (χ2n) is 6.95. The number of benzene rings is 1. The van der Waals surface area contributed by atoms with Crippen LogP contribution >= 0.6 is 0 Å². The van der Waals surface area contributed by atoms with Crippen LogP contribution in [0.2, 0.25) is 0 Å². The third-order valence-corrected chi connectivity index (χ3v) is 5.06. The van der Waals surface area contributed by atoms with Gasteiger partial charge in [-0.25, -0.2) is 9.97 Å². The van der Waals surface area contributed by atoms with Crippen LogP contribution in [0.3, 0.4) is 0 Å². The summed E-state index contributed by atoms with van der Waals surface area (Å²) < 4.78 is 16.1. The number of ether oxygens (including phenoxy) is 3. The molecule has 158 valence electrons. The maximum absolute atomic E-state index is 5.91. The number of hydrogen-bond acceptors (Lipinski definition) is 9. The number of nitrogens with zero attached hydrogens (tertiary/aromatic N) is 4. The Kier molecular flexibility index (Phi) is 6.10. The van der Waals surface area contributed by atoms with E-state index in [1.165, 1.54) is 0 Å². The molecule has 0 bridgehead atoms. The smallest absolute Gasteiger partial charge is 0.222 e. The first-order valence-electron chi connectivity index (χ1n) is 9.88. The van der Waals surface area contributed by atoms with Gasteiger partial charge in [0.2, 0.25) is 5.95 Å². The molecule has 1 aliphatic heterocycles. The largest absolute Gasteiger partial charge is 0.493 e. The van der Waals surface area contributed by atoms with Gasteiger partial charge in [0.1, 0.15) is 5.52 Å². The Balaban J connectivity index is 1.61. The van der Waals surface area contributed by atoms with Crippen molar-refractivity contribution in [2.45, 2.75) is 0 Å². The molecule has 1 fully saturated rings. The summed E-state index contributed by atoms with van der Waals surface area (Å²) in [6.45, 7) is 5.06. The van der Waals surface area contributed by atoms with Gasteiger partial charge in [-0.15, -0.1) is 0 Å². The summed E-state index contributed by atoms with van der Waals surface area (Å²) in [5.74, 6) is 2.17. The van der Waals surface area contributed by atoms with Gasteiger partial charge in [-0.05, 0) is 30.3 Å². The van der Waals surface area contributed by atoms with Gasteiger partial charge in [-0.1, -0.05) is 0 Å². The number of anilines is 2. The SMILES string of the molecule is COc1ccc(-c2ccc3nc(N)nc(NCCN4CCOCC4)c3n2)cc1OC. The Morgan fingerprint density at radius 3 is 2.60 bits per heavy atom. The van der Waals surface area contributed by atoms with Crippen molar-refractivity contribution in [2.24, 2.45) is 0 Å². The van der Waals surface area contributed by atoms with Gasteiger partial charge < -0.3 is 25.3 Å². The normalized spacial score (nSPS) is 14.6. The molecule has 3 N–H and O–H groups in total. The number of hydrogen-bond donors (Lipinski definition) is 2. The van der Waals surface area contributed by atoms with E-state index >= 15 is 0 Å². The maximum Gasteiger partial charge on any atom is 0.222 e. The van der Waals surface area contributed by atoms with Gasteiger partial charge >= 0.3 is 0 Å². The molecular weight excluding hydrogens is 384 g/mol. The van der Waals surface area contributed by atoms with Crippen molar-refractivity contribution in [1.82, 2.24) is 19.9 Å². The third kappa shape index (κ3) is 4.37. The predicted octanol–water partition coefficient (Wildman–Crippen LogP) is 2.04. The van der Waals surface area contributed by atoms with Crippen LogP contribution in [0.1, 0.15) is 0 Å². The average molecular weight is 410 g/mol. The molecule has 1 aromatic carbocycles.